The number of carbonyl (C=O) groups excluding carboxylic acids is 1. The van der Waals surface area contributed by atoms with Crippen molar-refractivity contribution in [2.45, 2.75) is 4.90 Å². The summed E-state index contributed by atoms with van der Waals surface area (Å²) in [4.78, 5) is 12.9. The zero-order valence-electron chi connectivity index (χ0n) is 16.8. The number of carbonyl (C=O) groups is 1. The minimum Gasteiger partial charge on any atom is -0.296 e. The van der Waals surface area contributed by atoms with E-state index < -0.39 is 15.9 Å². The first kappa shape index (κ1) is 21.9. The zero-order chi connectivity index (χ0) is 22.7. The summed E-state index contributed by atoms with van der Waals surface area (Å²) in [6.07, 6.45) is 0. The van der Waals surface area contributed by atoms with Crippen molar-refractivity contribution in [3.05, 3.63) is 89.4 Å². The van der Waals surface area contributed by atoms with Crippen LogP contribution in [0.5, 0.6) is 0 Å². The summed E-state index contributed by atoms with van der Waals surface area (Å²) in [6, 6.07) is 21.6. The number of aromatic nitrogens is 2. The Hall–Kier alpha value is -3.27. The molecule has 0 bridgehead atoms. The largest absolute Gasteiger partial charge is 0.296 e. The molecule has 0 aliphatic heterocycles. The Morgan fingerprint density at radius 1 is 0.969 bits per heavy atom. The standard InChI is InChI=1S/C22H17ClN4O3S2/c1-27(32(29,30)19-8-3-2-4-9-19)18-7-5-6-16(14-18)20(28)24-22-26-25-21(31-22)15-10-12-17(23)13-11-15/h2-14H,1H3,(H,24,26,28). The third-order valence-corrected chi connectivity index (χ3v) is 7.55. The Balaban J connectivity index is 1.52. The Bertz CT molecular complexity index is 1360. The monoisotopic (exact) mass is 484 g/mol. The number of hydrogen-bond acceptors (Lipinski definition) is 6. The van der Waals surface area contributed by atoms with Gasteiger partial charge in [-0.15, -0.1) is 10.2 Å². The number of nitrogens with one attached hydrogen (secondary N) is 1. The van der Waals surface area contributed by atoms with Crippen molar-refractivity contribution in [1.29, 1.82) is 0 Å². The highest BCUT2D eigenvalue weighted by molar-refractivity contribution is 7.92. The van der Waals surface area contributed by atoms with Crippen LogP contribution < -0.4 is 9.62 Å². The summed E-state index contributed by atoms with van der Waals surface area (Å²) in [6.45, 7) is 0. The number of anilines is 2. The van der Waals surface area contributed by atoms with Gasteiger partial charge >= 0.3 is 0 Å². The highest BCUT2D eigenvalue weighted by Gasteiger charge is 2.22. The van der Waals surface area contributed by atoms with E-state index in [0.717, 1.165) is 9.87 Å². The molecule has 1 aromatic heterocycles. The van der Waals surface area contributed by atoms with Crippen LogP contribution in [0.15, 0.2) is 83.8 Å². The average molecular weight is 485 g/mol. The highest BCUT2D eigenvalue weighted by Crippen LogP contribution is 2.28. The van der Waals surface area contributed by atoms with Crippen molar-refractivity contribution in [1.82, 2.24) is 10.2 Å². The lowest BCUT2D eigenvalue weighted by molar-refractivity contribution is 0.102. The molecule has 0 atom stereocenters. The van der Waals surface area contributed by atoms with Crippen molar-refractivity contribution >= 4 is 49.7 Å². The molecule has 0 aliphatic carbocycles. The van der Waals surface area contributed by atoms with Crippen LogP contribution in [0, 0.1) is 0 Å². The predicted octanol–water partition coefficient (Wildman–Crippen LogP) is 4.94. The summed E-state index contributed by atoms with van der Waals surface area (Å²) in [5, 5.41) is 12.4. The van der Waals surface area contributed by atoms with Gasteiger partial charge in [0.1, 0.15) is 5.01 Å². The number of hydrogen-bond donors (Lipinski definition) is 1. The molecular formula is C22H17ClN4O3S2. The second-order valence-electron chi connectivity index (χ2n) is 6.71. The summed E-state index contributed by atoms with van der Waals surface area (Å²) in [7, 11) is -2.30. The van der Waals surface area contributed by atoms with Crippen molar-refractivity contribution in [3.8, 4) is 10.6 Å². The topological polar surface area (TPSA) is 92.3 Å². The highest BCUT2D eigenvalue weighted by atomic mass is 35.5. The van der Waals surface area contributed by atoms with Gasteiger partial charge in [0.2, 0.25) is 5.13 Å². The third-order valence-electron chi connectivity index (χ3n) is 4.61. The molecule has 10 heteroatoms. The van der Waals surface area contributed by atoms with Crippen LogP contribution in [-0.4, -0.2) is 31.6 Å². The molecule has 7 nitrogen and oxygen atoms in total. The molecule has 32 heavy (non-hydrogen) atoms. The summed E-state index contributed by atoms with van der Waals surface area (Å²) in [5.41, 5.74) is 1.49. The van der Waals surface area contributed by atoms with Gasteiger partial charge in [0.15, 0.2) is 0 Å². The second-order valence-corrected chi connectivity index (χ2v) is 10.1. The number of halogens is 1. The fourth-order valence-electron chi connectivity index (χ4n) is 2.88. The van der Waals surface area contributed by atoms with Crippen LogP contribution in [0.25, 0.3) is 10.6 Å². The molecule has 0 saturated carbocycles. The lowest BCUT2D eigenvalue weighted by atomic mass is 10.2. The minimum atomic E-state index is -3.75. The molecule has 1 N–H and O–H groups in total. The molecule has 0 saturated heterocycles. The molecule has 0 unspecified atom stereocenters. The zero-order valence-corrected chi connectivity index (χ0v) is 19.2. The number of sulfonamides is 1. The molecule has 4 aromatic rings. The van der Waals surface area contributed by atoms with Gasteiger partial charge in [-0.1, -0.05) is 59.3 Å². The molecule has 0 spiro atoms. The van der Waals surface area contributed by atoms with Gasteiger partial charge < -0.3 is 0 Å². The molecule has 3 aromatic carbocycles. The van der Waals surface area contributed by atoms with Gasteiger partial charge in [0.05, 0.1) is 10.6 Å². The summed E-state index contributed by atoms with van der Waals surface area (Å²) in [5.74, 6) is -0.420. The van der Waals surface area contributed by atoms with E-state index in [9.17, 15) is 13.2 Å². The Labute approximate surface area is 194 Å². The van der Waals surface area contributed by atoms with E-state index in [4.69, 9.17) is 11.6 Å². The minimum absolute atomic E-state index is 0.168. The molecule has 1 heterocycles. The molecule has 0 radical (unpaired) electrons. The molecular weight excluding hydrogens is 468 g/mol. The SMILES string of the molecule is CN(c1cccc(C(=O)Nc2nnc(-c3ccc(Cl)cc3)s2)c1)S(=O)(=O)c1ccccc1. The molecule has 4 rings (SSSR count). The third kappa shape index (κ3) is 4.64. The van der Waals surface area contributed by atoms with Crippen LogP contribution >= 0.6 is 22.9 Å². The smallest absolute Gasteiger partial charge is 0.264 e. The lowest BCUT2D eigenvalue weighted by Crippen LogP contribution is -2.26. The maximum Gasteiger partial charge on any atom is 0.264 e. The maximum atomic E-state index is 12.9. The normalized spacial score (nSPS) is 11.2. The van der Waals surface area contributed by atoms with Crippen LogP contribution in [0.2, 0.25) is 5.02 Å². The van der Waals surface area contributed by atoms with Gasteiger partial charge in [-0.2, -0.15) is 0 Å². The van der Waals surface area contributed by atoms with Crippen molar-refractivity contribution < 1.29 is 13.2 Å². The molecule has 0 aliphatic rings. The fraction of sp³-hybridized carbons (Fsp3) is 0.0455. The number of benzene rings is 3. The fourth-order valence-corrected chi connectivity index (χ4v) is 4.96. The Morgan fingerprint density at radius 2 is 1.69 bits per heavy atom. The van der Waals surface area contributed by atoms with E-state index in [2.05, 4.69) is 15.5 Å². The first-order valence-corrected chi connectivity index (χ1v) is 12.0. The van der Waals surface area contributed by atoms with Gasteiger partial charge in [-0.05, 0) is 42.5 Å². The maximum absolute atomic E-state index is 12.9. The van der Waals surface area contributed by atoms with Crippen LogP contribution in [0.4, 0.5) is 10.8 Å². The van der Waals surface area contributed by atoms with Crippen molar-refractivity contribution in [3.63, 3.8) is 0 Å². The van der Waals surface area contributed by atoms with Crippen molar-refractivity contribution in [2.75, 3.05) is 16.7 Å². The number of nitrogens with zero attached hydrogens (tertiary/aromatic N) is 3. The van der Waals surface area contributed by atoms with Gasteiger partial charge in [-0.25, -0.2) is 8.42 Å². The van der Waals surface area contributed by atoms with Crippen LogP contribution in [-0.2, 0) is 10.0 Å². The molecule has 1 amide bonds. The van der Waals surface area contributed by atoms with Crippen molar-refractivity contribution in [2.24, 2.45) is 0 Å². The average Bonchev–Trinajstić information content (AvgIpc) is 3.28. The van der Waals surface area contributed by atoms with Gasteiger partial charge in [0.25, 0.3) is 15.9 Å². The Kier molecular flexibility index (Phi) is 6.22. The summed E-state index contributed by atoms with van der Waals surface area (Å²) < 4.78 is 26.9. The first-order valence-electron chi connectivity index (χ1n) is 9.39. The molecule has 0 fully saturated rings. The Morgan fingerprint density at radius 3 is 2.41 bits per heavy atom. The molecule has 162 valence electrons. The lowest BCUT2D eigenvalue weighted by Gasteiger charge is -2.20. The van der Waals surface area contributed by atoms with Crippen LogP contribution in [0.1, 0.15) is 10.4 Å². The van der Waals surface area contributed by atoms with E-state index in [-0.39, 0.29) is 4.90 Å². The number of rotatable bonds is 6. The first-order chi connectivity index (χ1) is 15.3. The quantitative estimate of drug-likeness (QED) is 0.418. The predicted molar refractivity (Wildman–Crippen MR) is 127 cm³/mol. The van der Waals surface area contributed by atoms with E-state index in [0.29, 0.717) is 26.4 Å². The van der Waals surface area contributed by atoms with Crippen LogP contribution in [0.3, 0.4) is 0 Å². The van der Waals surface area contributed by atoms with Gasteiger partial charge in [-0.3, -0.25) is 14.4 Å². The number of amides is 1. The summed E-state index contributed by atoms with van der Waals surface area (Å²) >= 11 is 7.13. The van der Waals surface area contributed by atoms with E-state index in [1.165, 1.54) is 36.6 Å². The van der Waals surface area contributed by atoms with E-state index >= 15 is 0 Å². The second kappa shape index (κ2) is 9.07. The van der Waals surface area contributed by atoms with E-state index in [1.54, 1.807) is 48.5 Å². The van der Waals surface area contributed by atoms with E-state index in [1.807, 2.05) is 12.1 Å². The van der Waals surface area contributed by atoms with Gasteiger partial charge in [0, 0.05) is 23.2 Å².